The highest BCUT2D eigenvalue weighted by molar-refractivity contribution is 5.30. The Kier molecular flexibility index (Phi) is 5.70. The van der Waals surface area contributed by atoms with Crippen LogP contribution in [0.4, 0.5) is 0 Å². The van der Waals surface area contributed by atoms with Crippen LogP contribution in [-0.4, -0.2) is 11.2 Å². The Balaban J connectivity index is 2.55. The number of hydrogen-bond acceptors (Lipinski definition) is 1. The number of aryl methyl sites for hydroxylation is 2. The van der Waals surface area contributed by atoms with Crippen LogP contribution in [0.1, 0.15) is 49.8 Å². The van der Waals surface area contributed by atoms with Gasteiger partial charge in [-0.1, -0.05) is 50.5 Å². The van der Waals surface area contributed by atoms with Crippen molar-refractivity contribution in [3.05, 3.63) is 34.9 Å². The lowest BCUT2D eigenvalue weighted by Gasteiger charge is -2.17. The Bertz CT molecular complexity index is 343. The van der Waals surface area contributed by atoms with Crippen molar-refractivity contribution in [1.29, 1.82) is 0 Å². The lowest BCUT2D eigenvalue weighted by Crippen LogP contribution is -2.15. The van der Waals surface area contributed by atoms with E-state index in [2.05, 4.69) is 45.9 Å². The van der Waals surface area contributed by atoms with Gasteiger partial charge in [-0.3, -0.25) is 0 Å². The Labute approximate surface area is 106 Å². The minimum Gasteiger partial charge on any atom is -0.393 e. The summed E-state index contributed by atoms with van der Waals surface area (Å²) in [4.78, 5) is 0. The molecule has 0 radical (unpaired) electrons. The number of hydrogen-bond donors (Lipinski definition) is 1. The first kappa shape index (κ1) is 14.2. The summed E-state index contributed by atoms with van der Waals surface area (Å²) in [7, 11) is 0. The summed E-state index contributed by atoms with van der Waals surface area (Å²) in [6, 6.07) is 6.47. The second-order valence-electron chi connectivity index (χ2n) is 5.42. The van der Waals surface area contributed by atoms with E-state index in [9.17, 15) is 5.11 Å². The van der Waals surface area contributed by atoms with Crippen LogP contribution >= 0.6 is 0 Å². The van der Waals surface area contributed by atoms with Gasteiger partial charge < -0.3 is 5.11 Å². The summed E-state index contributed by atoms with van der Waals surface area (Å²) < 4.78 is 0. The average molecular weight is 234 g/mol. The molecule has 0 aliphatic carbocycles. The molecule has 1 aromatic carbocycles. The molecule has 0 aliphatic rings. The molecule has 1 aromatic rings. The van der Waals surface area contributed by atoms with Crippen LogP contribution in [0.15, 0.2) is 18.2 Å². The lowest BCUT2D eigenvalue weighted by atomic mass is 9.93. The molecule has 0 aliphatic heterocycles. The maximum Gasteiger partial charge on any atom is 0.0583 e. The molecular weight excluding hydrogens is 208 g/mol. The van der Waals surface area contributed by atoms with Crippen molar-refractivity contribution < 1.29 is 5.11 Å². The van der Waals surface area contributed by atoms with Gasteiger partial charge >= 0.3 is 0 Å². The fourth-order valence-electron chi connectivity index (χ4n) is 2.43. The van der Waals surface area contributed by atoms with Gasteiger partial charge in [0.05, 0.1) is 6.10 Å². The first-order valence-corrected chi connectivity index (χ1v) is 6.77. The van der Waals surface area contributed by atoms with Gasteiger partial charge in [0, 0.05) is 0 Å². The highest BCUT2D eigenvalue weighted by atomic mass is 16.3. The van der Waals surface area contributed by atoms with E-state index >= 15 is 0 Å². The third-order valence-electron chi connectivity index (χ3n) is 3.42. The van der Waals surface area contributed by atoms with E-state index in [0.717, 1.165) is 12.8 Å². The molecule has 0 spiro atoms. The second kappa shape index (κ2) is 6.80. The van der Waals surface area contributed by atoms with Gasteiger partial charge in [-0.2, -0.15) is 0 Å². The minimum absolute atomic E-state index is 0.197. The lowest BCUT2D eigenvalue weighted by molar-refractivity contribution is 0.143. The fraction of sp³-hybridized carbons (Fsp3) is 0.625. The maximum absolute atomic E-state index is 10.1. The number of aliphatic hydroxyl groups excluding tert-OH is 1. The molecule has 0 bridgehead atoms. The van der Waals surface area contributed by atoms with Gasteiger partial charge in [-0.25, -0.2) is 0 Å². The summed E-state index contributed by atoms with van der Waals surface area (Å²) >= 11 is 0. The standard InChI is InChI=1S/C16H26O/c1-5-6-12(2)10-16(17)11-15-9-13(3)7-8-14(15)4/h7-9,12,16-17H,5-6,10-11H2,1-4H3. The molecule has 0 aromatic heterocycles. The summed E-state index contributed by atoms with van der Waals surface area (Å²) in [6.07, 6.45) is 3.93. The highest BCUT2D eigenvalue weighted by Gasteiger charge is 2.11. The highest BCUT2D eigenvalue weighted by Crippen LogP contribution is 2.18. The third kappa shape index (κ3) is 4.91. The van der Waals surface area contributed by atoms with Gasteiger partial charge in [0.1, 0.15) is 0 Å². The topological polar surface area (TPSA) is 20.2 Å². The molecular formula is C16H26O. The zero-order chi connectivity index (χ0) is 12.8. The van der Waals surface area contributed by atoms with E-state index in [1.54, 1.807) is 0 Å². The number of benzene rings is 1. The molecule has 96 valence electrons. The Morgan fingerprint density at radius 3 is 2.59 bits per heavy atom. The van der Waals surface area contributed by atoms with Gasteiger partial charge in [-0.15, -0.1) is 0 Å². The quantitative estimate of drug-likeness (QED) is 0.788. The zero-order valence-electron chi connectivity index (χ0n) is 11.7. The Hall–Kier alpha value is -0.820. The van der Waals surface area contributed by atoms with Crippen molar-refractivity contribution in [1.82, 2.24) is 0 Å². The Morgan fingerprint density at radius 2 is 1.94 bits per heavy atom. The summed E-state index contributed by atoms with van der Waals surface area (Å²) in [5.74, 6) is 0.625. The van der Waals surface area contributed by atoms with Gasteiger partial charge in [0.15, 0.2) is 0 Å². The van der Waals surface area contributed by atoms with E-state index in [1.165, 1.54) is 29.5 Å². The first-order chi connectivity index (χ1) is 8.02. The van der Waals surface area contributed by atoms with Crippen LogP contribution in [-0.2, 0) is 6.42 Å². The van der Waals surface area contributed by atoms with E-state index in [4.69, 9.17) is 0 Å². The van der Waals surface area contributed by atoms with Crippen molar-refractivity contribution in [2.24, 2.45) is 5.92 Å². The normalized spacial score (nSPS) is 14.6. The third-order valence-corrected chi connectivity index (χ3v) is 3.42. The SMILES string of the molecule is CCCC(C)CC(O)Cc1cc(C)ccc1C. The summed E-state index contributed by atoms with van der Waals surface area (Å²) in [5, 5.41) is 10.1. The summed E-state index contributed by atoms with van der Waals surface area (Å²) in [5.41, 5.74) is 3.86. The van der Waals surface area contributed by atoms with Gasteiger partial charge in [0.25, 0.3) is 0 Å². The van der Waals surface area contributed by atoms with Crippen molar-refractivity contribution in [2.45, 2.75) is 59.5 Å². The molecule has 0 saturated carbocycles. The van der Waals surface area contributed by atoms with Gasteiger partial charge in [-0.05, 0) is 43.7 Å². The van der Waals surface area contributed by atoms with E-state index in [1.807, 2.05) is 0 Å². The molecule has 1 N–H and O–H groups in total. The second-order valence-corrected chi connectivity index (χ2v) is 5.42. The van der Waals surface area contributed by atoms with Crippen molar-refractivity contribution in [2.75, 3.05) is 0 Å². The fourth-order valence-corrected chi connectivity index (χ4v) is 2.43. The monoisotopic (exact) mass is 234 g/mol. The zero-order valence-corrected chi connectivity index (χ0v) is 11.7. The van der Waals surface area contributed by atoms with Crippen LogP contribution in [0, 0.1) is 19.8 Å². The number of rotatable bonds is 6. The van der Waals surface area contributed by atoms with E-state index < -0.39 is 0 Å². The minimum atomic E-state index is -0.197. The summed E-state index contributed by atoms with van der Waals surface area (Å²) in [6.45, 7) is 8.66. The van der Waals surface area contributed by atoms with Crippen LogP contribution in [0.25, 0.3) is 0 Å². The van der Waals surface area contributed by atoms with Crippen molar-refractivity contribution >= 4 is 0 Å². The number of aliphatic hydroxyl groups is 1. The molecule has 1 rings (SSSR count). The largest absolute Gasteiger partial charge is 0.393 e. The molecule has 0 saturated heterocycles. The molecule has 2 atom stereocenters. The van der Waals surface area contributed by atoms with Gasteiger partial charge in [0.2, 0.25) is 0 Å². The predicted molar refractivity (Wildman–Crippen MR) is 74.3 cm³/mol. The first-order valence-electron chi connectivity index (χ1n) is 6.77. The molecule has 0 fully saturated rings. The molecule has 17 heavy (non-hydrogen) atoms. The molecule has 0 heterocycles. The van der Waals surface area contributed by atoms with E-state index in [-0.39, 0.29) is 6.10 Å². The van der Waals surface area contributed by atoms with Crippen molar-refractivity contribution in [3.8, 4) is 0 Å². The van der Waals surface area contributed by atoms with Crippen molar-refractivity contribution in [3.63, 3.8) is 0 Å². The van der Waals surface area contributed by atoms with Crippen LogP contribution < -0.4 is 0 Å². The average Bonchev–Trinajstić information content (AvgIpc) is 2.23. The Morgan fingerprint density at radius 1 is 1.24 bits per heavy atom. The predicted octanol–water partition coefficient (Wildman–Crippen LogP) is 4.03. The molecule has 2 unspecified atom stereocenters. The molecule has 1 heteroatoms. The maximum atomic E-state index is 10.1. The van der Waals surface area contributed by atoms with Crippen LogP contribution in [0.3, 0.4) is 0 Å². The van der Waals surface area contributed by atoms with Crippen LogP contribution in [0.2, 0.25) is 0 Å². The van der Waals surface area contributed by atoms with Crippen LogP contribution in [0.5, 0.6) is 0 Å². The van der Waals surface area contributed by atoms with E-state index in [0.29, 0.717) is 5.92 Å². The molecule has 0 amide bonds. The smallest absolute Gasteiger partial charge is 0.0583 e. The molecule has 1 nitrogen and oxygen atoms in total.